The van der Waals surface area contributed by atoms with Crippen LogP contribution in [0.1, 0.15) is 30.1 Å². The van der Waals surface area contributed by atoms with Crippen molar-refractivity contribution in [2.45, 2.75) is 25.5 Å². The molecule has 0 aliphatic carbocycles. The molecule has 0 bridgehead atoms. The average molecular weight is 468 g/mol. The Kier molecular flexibility index (Phi) is 7.36. The number of pyridine rings is 1. The van der Waals surface area contributed by atoms with Crippen molar-refractivity contribution in [3.05, 3.63) is 70.8 Å². The van der Waals surface area contributed by atoms with E-state index in [4.69, 9.17) is 9.84 Å². The summed E-state index contributed by atoms with van der Waals surface area (Å²) in [7, 11) is 0. The number of thiazole rings is 1. The third kappa shape index (κ3) is 6.19. The van der Waals surface area contributed by atoms with Gasteiger partial charge in [0.25, 0.3) is 0 Å². The van der Waals surface area contributed by atoms with Crippen LogP contribution in [0.4, 0.5) is 21.1 Å². The van der Waals surface area contributed by atoms with E-state index in [0.717, 1.165) is 36.5 Å². The fraction of sp³-hybridized carbons (Fsp3) is 0.304. The van der Waals surface area contributed by atoms with Gasteiger partial charge in [0.05, 0.1) is 17.2 Å². The Bertz CT molecular complexity index is 1050. The zero-order chi connectivity index (χ0) is 23.0. The van der Waals surface area contributed by atoms with Crippen molar-refractivity contribution < 1.29 is 19.4 Å². The molecule has 2 aromatic heterocycles. The van der Waals surface area contributed by atoms with Gasteiger partial charge >= 0.3 is 12.2 Å². The summed E-state index contributed by atoms with van der Waals surface area (Å²) in [4.78, 5) is 33.9. The molecule has 0 radical (unpaired) electrons. The number of carboxylic acid groups (broad SMARTS) is 1. The van der Waals surface area contributed by atoms with Gasteiger partial charge in [-0.05, 0) is 48.6 Å². The first-order valence-corrected chi connectivity index (χ1v) is 11.6. The molecule has 3 heterocycles. The predicted molar refractivity (Wildman–Crippen MR) is 125 cm³/mol. The van der Waals surface area contributed by atoms with E-state index < -0.39 is 12.2 Å². The first kappa shape index (κ1) is 22.5. The maximum absolute atomic E-state index is 12.1. The number of nitrogens with zero attached hydrogens (tertiary/aromatic N) is 3. The van der Waals surface area contributed by atoms with E-state index in [9.17, 15) is 9.59 Å². The first-order chi connectivity index (χ1) is 16.1. The van der Waals surface area contributed by atoms with Crippen molar-refractivity contribution in [1.82, 2.24) is 15.3 Å². The summed E-state index contributed by atoms with van der Waals surface area (Å²) < 4.78 is 5.24. The zero-order valence-corrected chi connectivity index (χ0v) is 18.7. The van der Waals surface area contributed by atoms with Gasteiger partial charge in [-0.25, -0.2) is 19.6 Å². The Morgan fingerprint density at radius 3 is 2.73 bits per heavy atom. The van der Waals surface area contributed by atoms with E-state index in [0.29, 0.717) is 12.2 Å². The number of anilines is 2. The van der Waals surface area contributed by atoms with E-state index in [2.05, 4.69) is 25.5 Å². The normalized spacial score (nSPS) is 17.9. The Labute approximate surface area is 195 Å². The van der Waals surface area contributed by atoms with Crippen LogP contribution in [0, 0.1) is 5.92 Å². The number of rotatable bonds is 7. The topological polar surface area (TPSA) is 117 Å². The minimum absolute atomic E-state index is 0.0466. The Balaban J connectivity index is 1.41. The standard InChI is InChI=1S/C23H25N5O4S/c29-22(30)27-18-6-4-17(5-7-18)20-11-16(8-10-28(20)21-3-1-2-9-24-21)12-25-23(31)32-13-19-14-33-15-26-19/h1-7,9,14-16,20,27H,8,10-13H2,(H,25,31)(H,29,30). The molecule has 1 aromatic carbocycles. The van der Waals surface area contributed by atoms with Crippen LogP contribution in [0.15, 0.2) is 59.6 Å². The summed E-state index contributed by atoms with van der Waals surface area (Å²) >= 11 is 1.46. The van der Waals surface area contributed by atoms with E-state index in [1.54, 1.807) is 23.8 Å². The molecule has 1 saturated heterocycles. The molecule has 9 nitrogen and oxygen atoms in total. The van der Waals surface area contributed by atoms with Crippen molar-refractivity contribution in [2.24, 2.45) is 5.92 Å². The lowest BCUT2D eigenvalue weighted by Crippen LogP contribution is -2.41. The summed E-state index contributed by atoms with van der Waals surface area (Å²) in [5.74, 6) is 1.16. The van der Waals surface area contributed by atoms with Gasteiger partial charge in [-0.1, -0.05) is 18.2 Å². The first-order valence-electron chi connectivity index (χ1n) is 10.6. The second-order valence-corrected chi connectivity index (χ2v) is 8.50. The SMILES string of the molecule is O=C(O)Nc1ccc(C2CC(CNC(=O)OCc3cscn3)CCN2c2ccccn2)cc1. The Morgan fingerprint density at radius 2 is 2.03 bits per heavy atom. The van der Waals surface area contributed by atoms with Crippen molar-refractivity contribution in [1.29, 1.82) is 0 Å². The molecular weight excluding hydrogens is 442 g/mol. The number of hydrogen-bond donors (Lipinski definition) is 3. The Hall–Kier alpha value is -3.66. The van der Waals surface area contributed by atoms with E-state index in [1.165, 1.54) is 11.3 Å². The van der Waals surface area contributed by atoms with Crippen LogP contribution in [0.3, 0.4) is 0 Å². The molecule has 3 N–H and O–H groups in total. The molecular formula is C23H25N5O4S. The second kappa shape index (κ2) is 10.8. The highest BCUT2D eigenvalue weighted by molar-refractivity contribution is 7.07. The molecule has 33 heavy (non-hydrogen) atoms. The highest BCUT2D eigenvalue weighted by Crippen LogP contribution is 2.37. The number of carbonyl (C=O) groups is 2. The molecule has 2 atom stereocenters. The summed E-state index contributed by atoms with van der Waals surface area (Å²) in [6.45, 7) is 1.46. The minimum Gasteiger partial charge on any atom is -0.465 e. The predicted octanol–water partition coefficient (Wildman–Crippen LogP) is 4.51. The number of nitrogens with one attached hydrogen (secondary N) is 2. The van der Waals surface area contributed by atoms with Crippen LogP contribution in [0.5, 0.6) is 0 Å². The van der Waals surface area contributed by atoms with Gasteiger partial charge in [-0.15, -0.1) is 11.3 Å². The monoisotopic (exact) mass is 467 g/mol. The van der Waals surface area contributed by atoms with Gasteiger partial charge in [-0.3, -0.25) is 5.32 Å². The molecule has 2 unspecified atom stereocenters. The number of carbonyl (C=O) groups excluding carboxylic acids is 1. The van der Waals surface area contributed by atoms with Crippen LogP contribution >= 0.6 is 11.3 Å². The number of alkyl carbamates (subject to hydrolysis) is 1. The van der Waals surface area contributed by atoms with Gasteiger partial charge in [-0.2, -0.15) is 0 Å². The fourth-order valence-corrected chi connectivity index (χ4v) is 4.52. The van der Waals surface area contributed by atoms with Crippen LogP contribution in [0.25, 0.3) is 0 Å². The smallest absolute Gasteiger partial charge is 0.409 e. The van der Waals surface area contributed by atoms with Crippen LogP contribution in [-0.4, -0.2) is 40.4 Å². The highest BCUT2D eigenvalue weighted by atomic mass is 32.1. The van der Waals surface area contributed by atoms with Gasteiger partial charge in [0, 0.05) is 30.4 Å². The number of ether oxygens (including phenoxy) is 1. The third-order valence-electron chi connectivity index (χ3n) is 5.57. The molecule has 10 heteroatoms. The lowest BCUT2D eigenvalue weighted by atomic mass is 9.87. The van der Waals surface area contributed by atoms with Crippen molar-refractivity contribution >= 4 is 35.0 Å². The minimum atomic E-state index is -1.09. The average Bonchev–Trinajstić information content (AvgIpc) is 3.36. The molecule has 3 aromatic rings. The number of piperidine rings is 1. The molecule has 1 aliphatic rings. The Morgan fingerprint density at radius 1 is 1.18 bits per heavy atom. The maximum atomic E-state index is 12.1. The summed E-state index contributed by atoms with van der Waals surface area (Å²) in [6.07, 6.45) is 1.95. The molecule has 1 aliphatic heterocycles. The summed E-state index contributed by atoms with van der Waals surface area (Å²) in [5.41, 5.74) is 4.02. The molecule has 172 valence electrons. The third-order valence-corrected chi connectivity index (χ3v) is 6.21. The summed E-state index contributed by atoms with van der Waals surface area (Å²) in [5, 5.41) is 16.0. The number of amides is 2. The van der Waals surface area contributed by atoms with Gasteiger partial charge < -0.3 is 20.1 Å². The number of hydrogen-bond acceptors (Lipinski definition) is 7. The van der Waals surface area contributed by atoms with E-state index in [1.807, 2.05) is 35.7 Å². The largest absolute Gasteiger partial charge is 0.465 e. The molecule has 0 spiro atoms. The second-order valence-electron chi connectivity index (χ2n) is 7.78. The maximum Gasteiger partial charge on any atom is 0.409 e. The van der Waals surface area contributed by atoms with Crippen LogP contribution in [-0.2, 0) is 11.3 Å². The van der Waals surface area contributed by atoms with Gasteiger partial charge in [0.1, 0.15) is 12.4 Å². The van der Waals surface area contributed by atoms with Crippen molar-refractivity contribution in [3.63, 3.8) is 0 Å². The van der Waals surface area contributed by atoms with Crippen LogP contribution < -0.4 is 15.5 Å². The van der Waals surface area contributed by atoms with Crippen LogP contribution in [0.2, 0.25) is 0 Å². The van der Waals surface area contributed by atoms with Gasteiger partial charge in [0.2, 0.25) is 0 Å². The molecule has 4 rings (SSSR count). The quantitative estimate of drug-likeness (QED) is 0.468. The fourth-order valence-electron chi connectivity index (χ4n) is 3.98. The van der Waals surface area contributed by atoms with Gasteiger partial charge in [0.15, 0.2) is 0 Å². The zero-order valence-electron chi connectivity index (χ0n) is 17.9. The molecule has 2 amide bonds. The molecule has 0 saturated carbocycles. The number of aromatic nitrogens is 2. The van der Waals surface area contributed by atoms with Crippen molar-refractivity contribution in [2.75, 3.05) is 23.3 Å². The number of benzene rings is 1. The van der Waals surface area contributed by atoms with E-state index >= 15 is 0 Å². The van der Waals surface area contributed by atoms with E-state index in [-0.39, 0.29) is 18.6 Å². The van der Waals surface area contributed by atoms with Crippen molar-refractivity contribution in [3.8, 4) is 0 Å². The molecule has 1 fully saturated rings. The lowest BCUT2D eigenvalue weighted by molar-refractivity contribution is 0.135. The lowest BCUT2D eigenvalue weighted by Gasteiger charge is -2.40. The summed E-state index contributed by atoms with van der Waals surface area (Å²) in [6, 6.07) is 13.3. The highest BCUT2D eigenvalue weighted by Gasteiger charge is 2.30.